The average molecular weight is 305 g/mol. The Hall–Kier alpha value is -2.93. The van der Waals surface area contributed by atoms with Crippen molar-refractivity contribution in [3.63, 3.8) is 0 Å². The number of aromatic nitrogens is 1. The normalized spacial score (nSPS) is 13.0. The fraction of sp³-hybridized carbons (Fsp3) is 0.211. The summed E-state index contributed by atoms with van der Waals surface area (Å²) in [5.41, 5.74) is 9.15. The van der Waals surface area contributed by atoms with Gasteiger partial charge in [-0.2, -0.15) is 5.26 Å². The number of nitriles is 1. The first-order valence-electron chi connectivity index (χ1n) is 7.63. The smallest absolute Gasteiger partial charge is 0.102 e. The van der Waals surface area contributed by atoms with Crippen LogP contribution < -0.4 is 16.3 Å². The van der Waals surface area contributed by atoms with Crippen molar-refractivity contribution in [1.82, 2.24) is 4.57 Å². The molecule has 0 atom stereocenters. The van der Waals surface area contributed by atoms with Gasteiger partial charge in [0, 0.05) is 29.2 Å². The van der Waals surface area contributed by atoms with Gasteiger partial charge in [-0.05, 0) is 36.8 Å². The second-order valence-corrected chi connectivity index (χ2v) is 5.41. The first kappa shape index (κ1) is 15.0. The van der Waals surface area contributed by atoms with Gasteiger partial charge in [-0.15, -0.1) is 0 Å². The van der Waals surface area contributed by atoms with E-state index in [9.17, 15) is 5.26 Å². The largest absolute Gasteiger partial charge is 0.501 e. The summed E-state index contributed by atoms with van der Waals surface area (Å²) in [6.45, 7) is 2.88. The number of ether oxygens (including phenoxy) is 1. The van der Waals surface area contributed by atoms with Crippen LogP contribution in [0.25, 0.3) is 23.4 Å². The number of fused-ring (bicyclic) bond motifs is 1. The van der Waals surface area contributed by atoms with Crippen LogP contribution in [-0.4, -0.2) is 11.7 Å². The van der Waals surface area contributed by atoms with Crippen molar-refractivity contribution >= 4 is 17.8 Å². The molecule has 1 aliphatic rings. The van der Waals surface area contributed by atoms with Crippen LogP contribution in [-0.2, 0) is 11.3 Å². The number of benzene rings is 1. The third-order valence-corrected chi connectivity index (χ3v) is 4.15. The Morgan fingerprint density at radius 3 is 2.61 bits per heavy atom. The summed E-state index contributed by atoms with van der Waals surface area (Å²) in [6.07, 6.45) is 6.76. The number of nitrogens with zero attached hydrogens (tertiary/aromatic N) is 2. The van der Waals surface area contributed by atoms with Gasteiger partial charge in [0.25, 0.3) is 0 Å². The van der Waals surface area contributed by atoms with Crippen LogP contribution >= 0.6 is 0 Å². The highest BCUT2D eigenvalue weighted by Gasteiger charge is 2.16. The van der Waals surface area contributed by atoms with E-state index >= 15 is 0 Å². The molecular formula is C19H19N3O. The molecule has 0 spiro atoms. The van der Waals surface area contributed by atoms with Crippen LogP contribution in [0.1, 0.15) is 18.9 Å². The molecule has 1 heterocycles. The minimum atomic E-state index is 0.691. The van der Waals surface area contributed by atoms with E-state index < -0.39 is 0 Å². The Morgan fingerprint density at radius 1 is 1.26 bits per heavy atom. The van der Waals surface area contributed by atoms with E-state index in [0.717, 1.165) is 40.5 Å². The van der Waals surface area contributed by atoms with E-state index in [-0.39, 0.29) is 0 Å². The molecule has 1 aromatic carbocycles. The van der Waals surface area contributed by atoms with Crippen LogP contribution in [0, 0.1) is 11.3 Å². The van der Waals surface area contributed by atoms with Gasteiger partial charge in [-0.25, -0.2) is 0 Å². The van der Waals surface area contributed by atoms with Gasteiger partial charge in [0.05, 0.1) is 24.1 Å². The second-order valence-electron chi connectivity index (χ2n) is 5.41. The minimum absolute atomic E-state index is 0.691. The molecule has 4 nitrogen and oxygen atoms in total. The van der Waals surface area contributed by atoms with E-state index in [1.165, 1.54) is 0 Å². The zero-order valence-electron chi connectivity index (χ0n) is 13.3. The van der Waals surface area contributed by atoms with Crippen LogP contribution in [0.4, 0.5) is 5.69 Å². The Morgan fingerprint density at radius 2 is 2.00 bits per heavy atom. The highest BCUT2D eigenvalue weighted by atomic mass is 16.5. The third-order valence-electron chi connectivity index (χ3n) is 4.15. The number of methoxy groups -OCH3 is 1. The lowest BCUT2D eigenvalue weighted by Crippen LogP contribution is -2.29. The monoisotopic (exact) mass is 305 g/mol. The Kier molecular flexibility index (Phi) is 3.94. The number of hydrogen-bond donors (Lipinski definition) is 1. The van der Waals surface area contributed by atoms with Crippen molar-refractivity contribution in [3.05, 3.63) is 52.2 Å². The number of nitrogens with two attached hydrogens (primary N) is 1. The molecule has 0 saturated carbocycles. The van der Waals surface area contributed by atoms with Gasteiger partial charge in [0.2, 0.25) is 0 Å². The molecule has 23 heavy (non-hydrogen) atoms. The number of rotatable bonds is 3. The quantitative estimate of drug-likeness (QED) is 0.884. The van der Waals surface area contributed by atoms with Crippen molar-refractivity contribution in [3.8, 4) is 17.3 Å². The zero-order chi connectivity index (χ0) is 16.4. The van der Waals surface area contributed by atoms with Gasteiger partial charge in [-0.3, -0.25) is 0 Å². The summed E-state index contributed by atoms with van der Waals surface area (Å²) in [5.74, 6) is 0.891. The van der Waals surface area contributed by atoms with Crippen molar-refractivity contribution < 1.29 is 4.74 Å². The maximum Gasteiger partial charge on any atom is 0.102 e. The summed E-state index contributed by atoms with van der Waals surface area (Å²) in [4.78, 5) is 0. The summed E-state index contributed by atoms with van der Waals surface area (Å²) in [6, 6.07) is 10.0. The summed E-state index contributed by atoms with van der Waals surface area (Å²) in [5, 5.41) is 11.8. The molecule has 0 radical (unpaired) electrons. The van der Waals surface area contributed by atoms with Crippen molar-refractivity contribution in [2.75, 3.05) is 12.8 Å². The molecule has 0 aliphatic heterocycles. The van der Waals surface area contributed by atoms with Gasteiger partial charge >= 0.3 is 0 Å². The molecule has 0 bridgehead atoms. The van der Waals surface area contributed by atoms with Crippen molar-refractivity contribution in [1.29, 1.82) is 5.26 Å². The molecule has 4 heteroatoms. The van der Waals surface area contributed by atoms with Gasteiger partial charge < -0.3 is 15.0 Å². The van der Waals surface area contributed by atoms with Crippen molar-refractivity contribution in [2.24, 2.45) is 0 Å². The Bertz CT molecular complexity index is 925. The SMILES string of the molecule is CCn1c(-c2ccc(N)cc2)c(C#N)c2c1=CCC(OC)=CC=2. The standard InChI is InChI=1S/C19H19N3O/c1-3-22-18-11-9-15(23-2)8-10-16(18)17(12-20)19(22)13-4-6-14(21)7-5-13/h4-8,10-11H,3,9,21H2,1-2H3. The molecule has 0 unspecified atom stereocenters. The summed E-state index contributed by atoms with van der Waals surface area (Å²) >= 11 is 0. The van der Waals surface area contributed by atoms with E-state index in [4.69, 9.17) is 10.5 Å². The molecule has 0 amide bonds. The molecule has 0 fully saturated rings. The molecule has 1 aromatic heterocycles. The highest BCUT2D eigenvalue weighted by molar-refractivity contribution is 5.71. The van der Waals surface area contributed by atoms with Crippen LogP contribution in [0.3, 0.4) is 0 Å². The lowest BCUT2D eigenvalue weighted by molar-refractivity contribution is 0.287. The lowest BCUT2D eigenvalue weighted by atomic mass is 10.1. The third kappa shape index (κ3) is 2.51. The molecule has 0 saturated heterocycles. The number of nitrogen functional groups attached to an aromatic ring is 1. The molecule has 3 rings (SSSR count). The minimum Gasteiger partial charge on any atom is -0.501 e. The fourth-order valence-corrected chi connectivity index (χ4v) is 3.02. The van der Waals surface area contributed by atoms with Gasteiger partial charge in [-0.1, -0.05) is 18.2 Å². The van der Waals surface area contributed by atoms with Crippen LogP contribution in [0.15, 0.2) is 36.1 Å². The Balaban J connectivity index is 2.35. The topological polar surface area (TPSA) is 64.0 Å². The molecule has 116 valence electrons. The second kappa shape index (κ2) is 6.05. The average Bonchev–Trinajstić information content (AvgIpc) is 2.72. The van der Waals surface area contributed by atoms with Gasteiger partial charge in [0.1, 0.15) is 6.07 Å². The molecule has 2 N–H and O–H groups in total. The molecular weight excluding hydrogens is 286 g/mol. The van der Waals surface area contributed by atoms with Crippen LogP contribution in [0.5, 0.6) is 0 Å². The first-order valence-corrected chi connectivity index (χ1v) is 7.63. The molecule has 2 aromatic rings. The van der Waals surface area contributed by atoms with E-state index in [1.54, 1.807) is 7.11 Å². The predicted octanol–water partition coefficient (Wildman–Crippen LogP) is 2.12. The molecule has 1 aliphatic carbocycles. The van der Waals surface area contributed by atoms with E-state index in [1.807, 2.05) is 36.4 Å². The highest BCUT2D eigenvalue weighted by Crippen LogP contribution is 2.22. The summed E-state index contributed by atoms with van der Waals surface area (Å²) < 4.78 is 7.52. The Labute approximate surface area is 135 Å². The number of hydrogen-bond acceptors (Lipinski definition) is 3. The first-order chi connectivity index (χ1) is 11.2. The predicted molar refractivity (Wildman–Crippen MR) is 92.6 cm³/mol. The lowest BCUT2D eigenvalue weighted by Gasteiger charge is -2.09. The van der Waals surface area contributed by atoms with E-state index in [2.05, 4.69) is 23.6 Å². The maximum atomic E-state index is 9.74. The van der Waals surface area contributed by atoms with E-state index in [0.29, 0.717) is 11.3 Å². The van der Waals surface area contributed by atoms with Crippen molar-refractivity contribution in [2.45, 2.75) is 19.9 Å². The zero-order valence-corrected chi connectivity index (χ0v) is 13.3. The van der Waals surface area contributed by atoms with Crippen LogP contribution in [0.2, 0.25) is 0 Å². The maximum absolute atomic E-state index is 9.74. The number of allylic oxidation sites excluding steroid dienone is 2. The van der Waals surface area contributed by atoms with Gasteiger partial charge in [0.15, 0.2) is 0 Å². The fourth-order valence-electron chi connectivity index (χ4n) is 3.02. The number of anilines is 1. The summed E-state index contributed by atoms with van der Waals surface area (Å²) in [7, 11) is 1.67.